The van der Waals surface area contributed by atoms with Gasteiger partial charge in [-0.2, -0.15) is 0 Å². The van der Waals surface area contributed by atoms with Gasteiger partial charge in [0.05, 0.1) is 17.2 Å². The molecule has 0 heterocycles. The predicted molar refractivity (Wildman–Crippen MR) is 81.5 cm³/mol. The summed E-state index contributed by atoms with van der Waals surface area (Å²) in [7, 11) is 1.50. The van der Waals surface area contributed by atoms with E-state index < -0.39 is 0 Å². The number of halogens is 2. The molecule has 6 heteroatoms. The van der Waals surface area contributed by atoms with Crippen molar-refractivity contribution in [2.45, 2.75) is 19.3 Å². The fourth-order valence-corrected chi connectivity index (χ4v) is 3.37. The molecule has 0 radical (unpaired) electrons. The summed E-state index contributed by atoms with van der Waals surface area (Å²) in [6, 6.07) is 3.27. The van der Waals surface area contributed by atoms with Gasteiger partial charge in [-0.3, -0.25) is 4.79 Å². The molecular formula is C14H18Cl2N2O2. The van der Waals surface area contributed by atoms with Gasteiger partial charge in [0, 0.05) is 11.6 Å². The van der Waals surface area contributed by atoms with Gasteiger partial charge in [-0.1, -0.05) is 29.6 Å². The lowest BCUT2D eigenvalue weighted by Crippen LogP contribution is -2.29. The van der Waals surface area contributed by atoms with Crippen LogP contribution in [-0.2, 0) is 4.79 Å². The number of amides is 1. The third-order valence-electron chi connectivity index (χ3n) is 3.77. The number of nitrogens with one attached hydrogen (secondary N) is 1. The van der Waals surface area contributed by atoms with Crippen LogP contribution in [0.25, 0.3) is 0 Å². The van der Waals surface area contributed by atoms with E-state index >= 15 is 0 Å². The molecule has 1 saturated carbocycles. The van der Waals surface area contributed by atoms with Gasteiger partial charge < -0.3 is 15.8 Å². The summed E-state index contributed by atoms with van der Waals surface area (Å²) in [4.78, 5) is 12.3. The second-order valence-corrected chi connectivity index (χ2v) is 5.81. The second kappa shape index (κ2) is 6.66. The molecule has 1 aromatic carbocycles. The summed E-state index contributed by atoms with van der Waals surface area (Å²) >= 11 is 12.1. The number of methoxy groups -OCH3 is 1. The van der Waals surface area contributed by atoms with Crippen LogP contribution in [0, 0.1) is 11.8 Å². The zero-order valence-electron chi connectivity index (χ0n) is 11.3. The van der Waals surface area contributed by atoms with Crippen molar-refractivity contribution in [3.63, 3.8) is 0 Å². The van der Waals surface area contributed by atoms with E-state index in [4.69, 9.17) is 33.7 Å². The van der Waals surface area contributed by atoms with Crippen LogP contribution in [0.1, 0.15) is 19.3 Å². The largest absolute Gasteiger partial charge is 0.494 e. The Balaban J connectivity index is 2.12. The molecule has 110 valence electrons. The maximum Gasteiger partial charge on any atom is 0.227 e. The lowest BCUT2D eigenvalue weighted by molar-refractivity contribution is -0.120. The van der Waals surface area contributed by atoms with Crippen LogP contribution in [0.15, 0.2) is 12.1 Å². The molecule has 1 aliphatic carbocycles. The Morgan fingerprint density at radius 1 is 1.40 bits per heavy atom. The molecule has 4 nitrogen and oxygen atoms in total. The fourth-order valence-electron chi connectivity index (χ4n) is 2.73. The van der Waals surface area contributed by atoms with E-state index in [9.17, 15) is 4.79 Å². The smallest absolute Gasteiger partial charge is 0.227 e. The molecule has 2 atom stereocenters. The normalized spacial score (nSPS) is 21.8. The summed E-state index contributed by atoms with van der Waals surface area (Å²) < 4.78 is 5.08. The van der Waals surface area contributed by atoms with Gasteiger partial charge in [0.25, 0.3) is 0 Å². The number of nitrogens with two attached hydrogens (primary N) is 1. The highest BCUT2D eigenvalue weighted by atomic mass is 35.5. The summed E-state index contributed by atoms with van der Waals surface area (Å²) in [6.07, 6.45) is 2.94. The third-order valence-corrected chi connectivity index (χ3v) is 4.33. The third kappa shape index (κ3) is 3.19. The van der Waals surface area contributed by atoms with Crippen LogP contribution in [0.3, 0.4) is 0 Å². The first-order chi connectivity index (χ1) is 9.56. The summed E-state index contributed by atoms with van der Waals surface area (Å²) in [6.45, 7) is 0.544. The number of anilines is 1. The first kappa shape index (κ1) is 15.4. The average molecular weight is 317 g/mol. The van der Waals surface area contributed by atoms with E-state index in [2.05, 4.69) is 5.32 Å². The highest BCUT2D eigenvalue weighted by Gasteiger charge is 2.32. The van der Waals surface area contributed by atoms with Crippen molar-refractivity contribution in [2.75, 3.05) is 19.0 Å². The lowest BCUT2D eigenvalue weighted by atomic mass is 9.95. The number of carbonyl (C=O) groups is 1. The maximum absolute atomic E-state index is 12.3. The van der Waals surface area contributed by atoms with E-state index in [1.165, 1.54) is 7.11 Å². The first-order valence-electron chi connectivity index (χ1n) is 6.60. The minimum Gasteiger partial charge on any atom is -0.494 e. The van der Waals surface area contributed by atoms with Crippen LogP contribution in [0.2, 0.25) is 10.0 Å². The number of rotatable bonds is 4. The van der Waals surface area contributed by atoms with E-state index in [1.807, 2.05) is 0 Å². The van der Waals surface area contributed by atoms with E-state index in [-0.39, 0.29) is 17.7 Å². The van der Waals surface area contributed by atoms with Crippen molar-refractivity contribution >= 4 is 34.8 Å². The zero-order chi connectivity index (χ0) is 14.7. The number of ether oxygens (including phenoxy) is 1. The number of benzene rings is 1. The highest BCUT2D eigenvalue weighted by Crippen LogP contribution is 2.37. The Morgan fingerprint density at radius 2 is 2.05 bits per heavy atom. The van der Waals surface area contributed by atoms with Gasteiger partial charge >= 0.3 is 0 Å². The van der Waals surface area contributed by atoms with Gasteiger partial charge in [0.2, 0.25) is 5.91 Å². The Bertz CT molecular complexity index is 485. The Kier molecular flexibility index (Phi) is 5.13. The monoisotopic (exact) mass is 316 g/mol. The van der Waals surface area contributed by atoms with Gasteiger partial charge in [-0.05, 0) is 37.4 Å². The summed E-state index contributed by atoms with van der Waals surface area (Å²) in [5.41, 5.74) is 6.28. The van der Waals surface area contributed by atoms with Gasteiger partial charge in [0.1, 0.15) is 0 Å². The molecule has 0 saturated heterocycles. The molecule has 2 rings (SSSR count). The van der Waals surface area contributed by atoms with Crippen molar-refractivity contribution in [1.82, 2.24) is 0 Å². The van der Waals surface area contributed by atoms with E-state index in [1.54, 1.807) is 12.1 Å². The maximum atomic E-state index is 12.3. The zero-order valence-corrected chi connectivity index (χ0v) is 12.8. The van der Waals surface area contributed by atoms with Crippen LogP contribution in [0.4, 0.5) is 5.69 Å². The number of hydrogen-bond acceptors (Lipinski definition) is 3. The van der Waals surface area contributed by atoms with Crippen molar-refractivity contribution in [2.24, 2.45) is 17.6 Å². The van der Waals surface area contributed by atoms with Crippen molar-refractivity contribution in [3.8, 4) is 5.75 Å². The fraction of sp³-hybridized carbons (Fsp3) is 0.500. The molecule has 1 aromatic rings. The lowest BCUT2D eigenvalue weighted by Gasteiger charge is -2.18. The van der Waals surface area contributed by atoms with Crippen molar-refractivity contribution < 1.29 is 9.53 Å². The van der Waals surface area contributed by atoms with Crippen molar-refractivity contribution in [1.29, 1.82) is 0 Å². The molecule has 20 heavy (non-hydrogen) atoms. The van der Waals surface area contributed by atoms with Crippen molar-refractivity contribution in [3.05, 3.63) is 22.2 Å². The Labute approximate surface area is 128 Å². The Morgan fingerprint density at radius 3 is 2.60 bits per heavy atom. The number of hydrogen-bond donors (Lipinski definition) is 2. The molecule has 0 unspecified atom stereocenters. The quantitative estimate of drug-likeness (QED) is 0.895. The molecule has 0 aliphatic heterocycles. The molecule has 1 aliphatic rings. The summed E-state index contributed by atoms with van der Waals surface area (Å²) in [5.74, 6) is 0.626. The van der Waals surface area contributed by atoms with Crippen LogP contribution in [-0.4, -0.2) is 19.6 Å². The van der Waals surface area contributed by atoms with Crippen LogP contribution >= 0.6 is 23.2 Å². The van der Waals surface area contributed by atoms with Gasteiger partial charge in [-0.15, -0.1) is 0 Å². The van der Waals surface area contributed by atoms with Crippen LogP contribution in [0.5, 0.6) is 5.75 Å². The molecule has 1 amide bonds. The van der Waals surface area contributed by atoms with Gasteiger partial charge in [-0.25, -0.2) is 0 Å². The summed E-state index contributed by atoms with van der Waals surface area (Å²) in [5, 5.41) is 3.61. The molecule has 1 fully saturated rings. The molecule has 0 bridgehead atoms. The predicted octanol–water partition coefficient (Wildman–Crippen LogP) is 3.32. The van der Waals surface area contributed by atoms with E-state index in [0.29, 0.717) is 28.0 Å². The van der Waals surface area contributed by atoms with E-state index in [0.717, 1.165) is 19.3 Å². The minimum atomic E-state index is -0.0281. The minimum absolute atomic E-state index is 0.0183. The highest BCUT2D eigenvalue weighted by molar-refractivity contribution is 6.37. The first-order valence-corrected chi connectivity index (χ1v) is 7.36. The standard InChI is InChI=1S/C14H18Cl2N2O2/c1-20-13-11(15)5-9(6-12(13)16)18-14(19)10-4-2-3-8(10)7-17/h5-6,8,10H,2-4,7,17H2,1H3,(H,18,19)/t8-,10-/m1/s1. The molecule has 0 aromatic heterocycles. The van der Waals surface area contributed by atoms with Crippen LogP contribution < -0.4 is 15.8 Å². The van der Waals surface area contributed by atoms with Gasteiger partial charge in [0.15, 0.2) is 5.75 Å². The topological polar surface area (TPSA) is 64.3 Å². The second-order valence-electron chi connectivity index (χ2n) is 5.00. The SMILES string of the molecule is COc1c(Cl)cc(NC(=O)[C@@H]2CCC[C@@H]2CN)cc1Cl. The molecule has 0 spiro atoms. The average Bonchev–Trinajstić information content (AvgIpc) is 2.86. The molecule has 3 N–H and O–H groups in total. The molecular weight excluding hydrogens is 299 g/mol. The Hall–Kier alpha value is -0.970. The number of carbonyl (C=O) groups excluding carboxylic acids is 1.